The summed E-state index contributed by atoms with van der Waals surface area (Å²) in [5.74, 6) is 1.16. The average molecular weight is 363 g/mol. The molecule has 0 aliphatic carbocycles. The Morgan fingerprint density at radius 1 is 1.19 bits per heavy atom. The number of aromatic nitrogens is 9. The molecule has 10 heteroatoms. The molecule has 1 N–H and O–H groups in total. The fourth-order valence-electron chi connectivity index (χ4n) is 3.07. The Labute approximate surface area is 152 Å². The van der Waals surface area contributed by atoms with Crippen molar-refractivity contribution in [1.29, 1.82) is 0 Å². The van der Waals surface area contributed by atoms with Gasteiger partial charge in [0.05, 0.1) is 0 Å². The third kappa shape index (κ3) is 2.49. The summed E-state index contributed by atoms with van der Waals surface area (Å²) < 4.78 is 19.4. The number of benzene rings is 1. The van der Waals surface area contributed by atoms with Gasteiger partial charge in [-0.15, -0.1) is 5.10 Å². The molecule has 0 aliphatic heterocycles. The van der Waals surface area contributed by atoms with E-state index in [1.165, 1.54) is 12.4 Å². The van der Waals surface area contributed by atoms with Gasteiger partial charge < -0.3 is 4.98 Å². The van der Waals surface area contributed by atoms with E-state index in [1.54, 1.807) is 39.6 Å². The zero-order valence-electron chi connectivity index (χ0n) is 14.3. The van der Waals surface area contributed by atoms with Gasteiger partial charge in [-0.05, 0) is 18.2 Å². The molecule has 9 nitrogen and oxygen atoms in total. The first-order valence-corrected chi connectivity index (χ1v) is 8.24. The minimum atomic E-state index is -0.329. The zero-order chi connectivity index (χ0) is 18.4. The molecule has 0 radical (unpaired) electrons. The van der Waals surface area contributed by atoms with Crippen molar-refractivity contribution >= 4 is 10.9 Å². The predicted molar refractivity (Wildman–Crippen MR) is 94.5 cm³/mol. The van der Waals surface area contributed by atoms with Crippen LogP contribution < -0.4 is 0 Å². The number of rotatable bonds is 4. The van der Waals surface area contributed by atoms with Gasteiger partial charge in [0.1, 0.15) is 18.7 Å². The Morgan fingerprint density at radius 2 is 2.11 bits per heavy atom. The fraction of sp³-hybridized carbons (Fsp3) is 0.118. The number of aryl methyl sites for hydroxylation is 1. The number of aromatic amines is 1. The smallest absolute Gasteiger partial charge is 0.250 e. The predicted octanol–water partition coefficient (Wildman–Crippen LogP) is 1.93. The summed E-state index contributed by atoms with van der Waals surface area (Å²) in [6.45, 7) is 0.385. The average Bonchev–Trinajstić information content (AvgIpc) is 3.41. The summed E-state index contributed by atoms with van der Waals surface area (Å²) in [6, 6.07) is 6.73. The first-order valence-electron chi connectivity index (χ1n) is 8.24. The maximum Gasteiger partial charge on any atom is 0.250 e. The zero-order valence-corrected chi connectivity index (χ0v) is 14.3. The van der Waals surface area contributed by atoms with Crippen LogP contribution in [0.5, 0.6) is 0 Å². The Hall–Kier alpha value is -3.82. The highest BCUT2D eigenvalue weighted by Gasteiger charge is 2.21. The summed E-state index contributed by atoms with van der Waals surface area (Å²) in [5, 5.41) is 13.3. The Balaban J connectivity index is 1.72. The van der Waals surface area contributed by atoms with E-state index in [4.69, 9.17) is 0 Å². The van der Waals surface area contributed by atoms with Crippen molar-refractivity contribution in [3.05, 3.63) is 60.8 Å². The van der Waals surface area contributed by atoms with E-state index in [0.717, 1.165) is 0 Å². The molecular formula is C17H14FN9. The molecule has 27 heavy (non-hydrogen) atoms. The van der Waals surface area contributed by atoms with Crippen molar-refractivity contribution in [3.63, 3.8) is 0 Å². The summed E-state index contributed by atoms with van der Waals surface area (Å²) >= 11 is 0. The largest absolute Gasteiger partial charge is 0.360 e. The molecule has 4 aromatic heterocycles. The van der Waals surface area contributed by atoms with E-state index in [2.05, 4.69) is 30.2 Å². The number of hydrogen-bond acceptors (Lipinski definition) is 5. The quantitative estimate of drug-likeness (QED) is 0.526. The molecule has 134 valence electrons. The third-order valence-corrected chi connectivity index (χ3v) is 4.29. The van der Waals surface area contributed by atoms with Gasteiger partial charge in [0.25, 0.3) is 5.95 Å². The molecule has 4 heterocycles. The molecule has 5 aromatic rings. The van der Waals surface area contributed by atoms with Gasteiger partial charge in [-0.2, -0.15) is 19.9 Å². The van der Waals surface area contributed by atoms with E-state index in [-0.39, 0.29) is 5.82 Å². The number of H-pyrrole nitrogens is 1. The van der Waals surface area contributed by atoms with Crippen LogP contribution >= 0.6 is 0 Å². The van der Waals surface area contributed by atoms with Gasteiger partial charge in [0.15, 0.2) is 11.6 Å². The number of nitrogens with one attached hydrogen (secondary N) is 1. The van der Waals surface area contributed by atoms with Crippen molar-refractivity contribution in [2.75, 3.05) is 0 Å². The maximum atomic E-state index is 14.5. The summed E-state index contributed by atoms with van der Waals surface area (Å²) in [5.41, 5.74) is 1.29. The fourth-order valence-corrected chi connectivity index (χ4v) is 3.07. The van der Waals surface area contributed by atoms with Gasteiger partial charge in [0, 0.05) is 42.1 Å². The van der Waals surface area contributed by atoms with Crippen LogP contribution in [0.2, 0.25) is 0 Å². The van der Waals surface area contributed by atoms with Gasteiger partial charge in [0.2, 0.25) is 0 Å². The third-order valence-electron chi connectivity index (χ3n) is 4.29. The summed E-state index contributed by atoms with van der Waals surface area (Å²) in [4.78, 5) is 12.0. The molecule has 0 bridgehead atoms. The molecule has 0 amide bonds. The lowest BCUT2D eigenvalue weighted by molar-refractivity contribution is 0.639. The highest BCUT2D eigenvalue weighted by molar-refractivity contribution is 5.94. The summed E-state index contributed by atoms with van der Waals surface area (Å²) in [6.07, 6.45) is 6.68. The first kappa shape index (κ1) is 15.4. The lowest BCUT2D eigenvalue weighted by Crippen LogP contribution is -2.08. The van der Waals surface area contributed by atoms with Gasteiger partial charge in [-0.1, -0.05) is 6.07 Å². The lowest BCUT2D eigenvalue weighted by atomic mass is 10.1. The van der Waals surface area contributed by atoms with Crippen LogP contribution in [0, 0.1) is 5.82 Å². The first-order chi connectivity index (χ1) is 13.2. The van der Waals surface area contributed by atoms with E-state index in [0.29, 0.717) is 40.6 Å². The van der Waals surface area contributed by atoms with E-state index in [9.17, 15) is 4.39 Å². The number of nitrogens with zero attached hydrogens (tertiary/aromatic N) is 8. The number of hydrogen-bond donors (Lipinski definition) is 1. The lowest BCUT2D eigenvalue weighted by Gasteiger charge is -2.04. The van der Waals surface area contributed by atoms with Crippen molar-refractivity contribution in [1.82, 2.24) is 44.3 Å². The second-order valence-electron chi connectivity index (χ2n) is 6.02. The minimum Gasteiger partial charge on any atom is -0.360 e. The van der Waals surface area contributed by atoms with Crippen LogP contribution in [-0.4, -0.2) is 44.3 Å². The van der Waals surface area contributed by atoms with Crippen LogP contribution in [0.4, 0.5) is 4.39 Å². The van der Waals surface area contributed by atoms with Crippen molar-refractivity contribution < 1.29 is 4.39 Å². The Morgan fingerprint density at radius 3 is 2.89 bits per heavy atom. The van der Waals surface area contributed by atoms with Gasteiger partial charge >= 0.3 is 0 Å². The molecule has 0 atom stereocenters. The van der Waals surface area contributed by atoms with Crippen LogP contribution in [0.15, 0.2) is 49.2 Å². The number of halogens is 1. The van der Waals surface area contributed by atoms with Crippen LogP contribution in [0.3, 0.4) is 0 Å². The second-order valence-corrected chi connectivity index (χ2v) is 6.02. The highest BCUT2D eigenvalue weighted by atomic mass is 19.1. The molecule has 0 aliphatic rings. The molecule has 1 aromatic carbocycles. The van der Waals surface area contributed by atoms with Crippen LogP contribution in [-0.2, 0) is 13.6 Å². The van der Waals surface area contributed by atoms with E-state index in [1.807, 2.05) is 18.3 Å². The monoisotopic (exact) mass is 363 g/mol. The Kier molecular flexibility index (Phi) is 3.35. The molecule has 0 fully saturated rings. The van der Waals surface area contributed by atoms with Crippen molar-refractivity contribution in [2.24, 2.45) is 7.05 Å². The molecule has 5 rings (SSSR count). The molecule has 0 saturated heterocycles. The maximum absolute atomic E-state index is 14.5. The SMILES string of the molecule is Cn1ncnc1-n1nc(Cn2cccn2)nc1-c1c[nH]c2cccc(F)c12. The molecule has 0 spiro atoms. The van der Waals surface area contributed by atoms with Crippen LogP contribution in [0.1, 0.15) is 5.82 Å². The van der Waals surface area contributed by atoms with Gasteiger partial charge in [-0.25, -0.2) is 14.1 Å². The molecular weight excluding hydrogens is 349 g/mol. The highest BCUT2D eigenvalue weighted by Crippen LogP contribution is 2.30. The second kappa shape index (κ2) is 5.87. The minimum absolute atomic E-state index is 0.329. The van der Waals surface area contributed by atoms with E-state index >= 15 is 0 Å². The van der Waals surface area contributed by atoms with Crippen LogP contribution in [0.25, 0.3) is 28.2 Å². The number of fused-ring (bicyclic) bond motifs is 1. The summed E-state index contributed by atoms with van der Waals surface area (Å²) in [7, 11) is 1.76. The van der Waals surface area contributed by atoms with Gasteiger partial charge in [-0.3, -0.25) is 4.68 Å². The van der Waals surface area contributed by atoms with Crippen molar-refractivity contribution in [3.8, 4) is 17.3 Å². The Bertz CT molecular complexity index is 1230. The van der Waals surface area contributed by atoms with E-state index < -0.39 is 0 Å². The topological polar surface area (TPSA) is 95.0 Å². The normalized spacial score (nSPS) is 11.5. The standard InChI is InChI=1S/C17H14FN9/c1-25-17(20-10-22-25)27-16(23-14(24-27)9-26-7-3-6-21-26)11-8-19-13-5-2-4-12(18)15(11)13/h2-8,10,19H,9H2,1H3. The van der Waals surface area contributed by atoms with Crippen molar-refractivity contribution in [2.45, 2.75) is 6.54 Å². The molecule has 0 saturated carbocycles. The molecule has 0 unspecified atom stereocenters.